The molecule has 0 atom stereocenters. The maximum atomic E-state index is 12.5. The van der Waals surface area contributed by atoms with Crippen LogP contribution in [0.25, 0.3) is 0 Å². The van der Waals surface area contributed by atoms with Gasteiger partial charge < -0.3 is 4.79 Å². The van der Waals surface area contributed by atoms with Crippen molar-refractivity contribution in [1.82, 2.24) is 4.98 Å². The average molecular weight is 198 g/mol. The number of pyridine rings is 1. The van der Waals surface area contributed by atoms with E-state index in [9.17, 15) is 9.18 Å². The van der Waals surface area contributed by atoms with Crippen LogP contribution >= 0.6 is 11.6 Å². The van der Waals surface area contributed by atoms with Crippen molar-refractivity contribution < 1.29 is 9.18 Å². The maximum Gasteiger partial charge on any atom is 0.231 e. The van der Waals surface area contributed by atoms with Gasteiger partial charge in [-0.2, -0.15) is 4.39 Å². The molecule has 66 valence electrons. The van der Waals surface area contributed by atoms with Gasteiger partial charge in [0.1, 0.15) is 6.29 Å². The molecule has 1 rings (SSSR count). The second kappa shape index (κ2) is 4.58. The predicted molar refractivity (Wildman–Crippen MR) is 46.8 cm³/mol. The van der Waals surface area contributed by atoms with Crippen LogP contribution in [0, 0.1) is 17.8 Å². The Morgan fingerprint density at radius 2 is 2.46 bits per heavy atom. The van der Waals surface area contributed by atoms with Crippen LogP contribution in [0.4, 0.5) is 4.39 Å². The van der Waals surface area contributed by atoms with E-state index >= 15 is 0 Å². The van der Waals surface area contributed by atoms with E-state index in [1.165, 1.54) is 12.3 Å². The standard InChI is InChI=1S/C9H5ClFNO/c10-8-5-7(3-1-2-4-13)6-12-9(8)11/h4-6H,2H2. The van der Waals surface area contributed by atoms with Crippen LogP contribution < -0.4 is 0 Å². The minimum absolute atomic E-state index is 0.0714. The molecule has 0 bridgehead atoms. The number of carbonyl (C=O) groups is 1. The Kier molecular flexibility index (Phi) is 3.41. The number of halogens is 2. The van der Waals surface area contributed by atoms with Crippen LogP contribution in [0.15, 0.2) is 12.3 Å². The van der Waals surface area contributed by atoms with Crippen molar-refractivity contribution in [1.29, 1.82) is 0 Å². The highest BCUT2D eigenvalue weighted by Gasteiger charge is 1.99. The summed E-state index contributed by atoms with van der Waals surface area (Å²) in [7, 11) is 0. The van der Waals surface area contributed by atoms with Crippen molar-refractivity contribution in [2.24, 2.45) is 0 Å². The molecule has 1 heterocycles. The van der Waals surface area contributed by atoms with Gasteiger partial charge in [-0.05, 0) is 6.07 Å². The van der Waals surface area contributed by atoms with Gasteiger partial charge in [-0.25, -0.2) is 4.98 Å². The lowest BCUT2D eigenvalue weighted by Gasteiger charge is -1.92. The molecule has 0 spiro atoms. The van der Waals surface area contributed by atoms with E-state index < -0.39 is 5.95 Å². The van der Waals surface area contributed by atoms with Crippen LogP contribution in [-0.4, -0.2) is 11.3 Å². The summed E-state index contributed by atoms with van der Waals surface area (Å²) in [6.45, 7) is 0. The van der Waals surface area contributed by atoms with E-state index in [0.717, 1.165) is 0 Å². The first-order chi connectivity index (χ1) is 6.24. The zero-order chi connectivity index (χ0) is 9.68. The summed E-state index contributed by atoms with van der Waals surface area (Å²) in [5.41, 5.74) is 0.494. The van der Waals surface area contributed by atoms with Crippen LogP contribution in [0.1, 0.15) is 12.0 Å². The molecule has 0 saturated heterocycles. The molecule has 0 fully saturated rings. The van der Waals surface area contributed by atoms with E-state index in [-0.39, 0.29) is 11.4 Å². The normalized spacial score (nSPS) is 8.77. The molecule has 0 aliphatic rings. The number of aromatic nitrogens is 1. The summed E-state index contributed by atoms with van der Waals surface area (Å²) in [4.78, 5) is 13.3. The molecule has 0 N–H and O–H groups in total. The molecule has 0 saturated carbocycles. The van der Waals surface area contributed by atoms with E-state index in [0.29, 0.717) is 11.8 Å². The van der Waals surface area contributed by atoms with Crippen LogP contribution in [0.5, 0.6) is 0 Å². The summed E-state index contributed by atoms with van der Waals surface area (Å²) in [5, 5.41) is -0.0714. The summed E-state index contributed by atoms with van der Waals surface area (Å²) >= 11 is 5.45. The molecule has 4 heteroatoms. The smallest absolute Gasteiger partial charge is 0.231 e. The van der Waals surface area contributed by atoms with Gasteiger partial charge in [0.2, 0.25) is 5.95 Å². The molecule has 13 heavy (non-hydrogen) atoms. The van der Waals surface area contributed by atoms with E-state index in [1.807, 2.05) is 0 Å². The third kappa shape index (κ3) is 2.85. The van der Waals surface area contributed by atoms with Crippen molar-refractivity contribution in [2.75, 3.05) is 0 Å². The van der Waals surface area contributed by atoms with Crippen LogP contribution in [0.2, 0.25) is 5.02 Å². The second-order valence-corrected chi connectivity index (χ2v) is 2.58. The highest BCUT2D eigenvalue weighted by Crippen LogP contribution is 2.12. The van der Waals surface area contributed by atoms with Crippen molar-refractivity contribution in [2.45, 2.75) is 6.42 Å². The molecule has 0 unspecified atom stereocenters. The Morgan fingerprint density at radius 1 is 1.69 bits per heavy atom. The lowest BCUT2D eigenvalue weighted by molar-refractivity contribution is -0.107. The third-order valence-electron chi connectivity index (χ3n) is 1.21. The fourth-order valence-corrected chi connectivity index (χ4v) is 0.851. The van der Waals surface area contributed by atoms with Gasteiger partial charge in [0.15, 0.2) is 0 Å². The first-order valence-electron chi connectivity index (χ1n) is 3.47. The molecule has 0 amide bonds. The van der Waals surface area contributed by atoms with Crippen molar-refractivity contribution in [3.05, 3.63) is 28.8 Å². The zero-order valence-electron chi connectivity index (χ0n) is 6.55. The van der Waals surface area contributed by atoms with Crippen LogP contribution in [0.3, 0.4) is 0 Å². The van der Waals surface area contributed by atoms with E-state index in [4.69, 9.17) is 11.6 Å². The van der Waals surface area contributed by atoms with Gasteiger partial charge in [-0.3, -0.25) is 0 Å². The van der Waals surface area contributed by atoms with Gasteiger partial charge in [-0.1, -0.05) is 23.4 Å². The SMILES string of the molecule is O=CCC#Cc1cnc(F)c(Cl)c1. The Bertz CT molecular complexity index is 381. The predicted octanol–water partition coefficient (Wildman–Crippen LogP) is 1.81. The van der Waals surface area contributed by atoms with Gasteiger partial charge >= 0.3 is 0 Å². The monoisotopic (exact) mass is 197 g/mol. The molecule has 0 aliphatic carbocycles. The van der Waals surface area contributed by atoms with E-state index in [2.05, 4.69) is 16.8 Å². The molecule has 0 aromatic carbocycles. The topological polar surface area (TPSA) is 30.0 Å². The molecule has 0 radical (unpaired) electrons. The summed E-state index contributed by atoms with van der Waals surface area (Å²) in [6.07, 6.45) is 2.10. The first kappa shape index (κ1) is 9.69. The first-order valence-corrected chi connectivity index (χ1v) is 3.85. The highest BCUT2D eigenvalue weighted by molar-refractivity contribution is 6.30. The minimum atomic E-state index is -0.720. The fraction of sp³-hybridized carbons (Fsp3) is 0.111. The van der Waals surface area contributed by atoms with Crippen molar-refractivity contribution >= 4 is 17.9 Å². The van der Waals surface area contributed by atoms with Gasteiger partial charge in [0.05, 0.1) is 11.4 Å². The molecule has 1 aromatic rings. The molecule has 1 aromatic heterocycles. The van der Waals surface area contributed by atoms with Crippen molar-refractivity contribution in [3.8, 4) is 11.8 Å². The summed E-state index contributed by atoms with van der Waals surface area (Å²) < 4.78 is 12.5. The van der Waals surface area contributed by atoms with Crippen molar-refractivity contribution in [3.63, 3.8) is 0 Å². The molecular weight excluding hydrogens is 193 g/mol. The largest absolute Gasteiger partial charge is 0.302 e. The van der Waals surface area contributed by atoms with Crippen LogP contribution in [-0.2, 0) is 4.79 Å². The average Bonchev–Trinajstić information content (AvgIpc) is 2.12. The number of hydrogen-bond donors (Lipinski definition) is 0. The Balaban J connectivity index is 2.87. The van der Waals surface area contributed by atoms with Gasteiger partial charge in [-0.15, -0.1) is 0 Å². The Labute approximate surface area is 79.7 Å². The number of hydrogen-bond acceptors (Lipinski definition) is 2. The lowest BCUT2D eigenvalue weighted by Crippen LogP contribution is -1.85. The van der Waals surface area contributed by atoms with E-state index in [1.54, 1.807) is 0 Å². The fourth-order valence-electron chi connectivity index (χ4n) is 0.684. The maximum absolute atomic E-state index is 12.5. The third-order valence-corrected chi connectivity index (χ3v) is 1.48. The summed E-state index contributed by atoms with van der Waals surface area (Å²) in [6, 6.07) is 1.36. The Hall–Kier alpha value is -1.40. The molecule has 2 nitrogen and oxygen atoms in total. The highest BCUT2D eigenvalue weighted by atomic mass is 35.5. The van der Waals surface area contributed by atoms with Gasteiger partial charge in [0, 0.05) is 11.8 Å². The molecule has 0 aliphatic heterocycles. The minimum Gasteiger partial charge on any atom is -0.302 e. The second-order valence-electron chi connectivity index (χ2n) is 2.17. The number of nitrogens with zero attached hydrogens (tertiary/aromatic N) is 1. The number of rotatable bonds is 1. The summed E-state index contributed by atoms with van der Waals surface area (Å²) in [5.74, 6) is 4.46. The number of carbonyl (C=O) groups excluding carboxylic acids is 1. The molecular formula is C9H5ClFNO. The van der Waals surface area contributed by atoms with Gasteiger partial charge in [0.25, 0.3) is 0 Å². The quantitative estimate of drug-likeness (QED) is 0.391. The lowest BCUT2D eigenvalue weighted by atomic mass is 10.3. The Morgan fingerprint density at radius 3 is 3.08 bits per heavy atom. The number of aldehydes is 1. The zero-order valence-corrected chi connectivity index (χ0v) is 7.31.